The first kappa shape index (κ1) is 22.2. The number of aryl methyl sites for hydroxylation is 1. The molecule has 0 aromatic heterocycles. The minimum atomic E-state index is -3.89. The van der Waals surface area contributed by atoms with Gasteiger partial charge in [-0.2, -0.15) is 0 Å². The van der Waals surface area contributed by atoms with Gasteiger partial charge < -0.3 is 5.32 Å². The monoisotopic (exact) mass is 441 g/mol. The molecular weight excluding hydrogens is 418 g/mol. The summed E-state index contributed by atoms with van der Waals surface area (Å²) in [6.45, 7) is 3.31. The van der Waals surface area contributed by atoms with Crippen molar-refractivity contribution in [1.29, 1.82) is 0 Å². The average molecular weight is 442 g/mol. The van der Waals surface area contributed by atoms with Crippen LogP contribution in [0.2, 0.25) is 0 Å². The maximum Gasteiger partial charge on any atom is 0.271 e. The molecule has 1 unspecified atom stereocenters. The van der Waals surface area contributed by atoms with Crippen molar-refractivity contribution < 1.29 is 18.1 Å². The van der Waals surface area contributed by atoms with Gasteiger partial charge in [-0.1, -0.05) is 48.5 Å². The molecule has 0 saturated carbocycles. The molecule has 0 bridgehead atoms. The summed E-state index contributed by atoms with van der Waals surface area (Å²) in [4.78, 5) is 23.5. The SMILES string of the molecule is Cc1ccc([N+](=O)[O-])cc1N(C(C)C(=O)NCc1cccc2ccccc12)S(C)(=O)=O. The molecule has 1 N–H and O–H groups in total. The fourth-order valence-corrected chi connectivity index (χ4v) is 4.73. The van der Waals surface area contributed by atoms with Gasteiger partial charge in [0.2, 0.25) is 15.9 Å². The summed E-state index contributed by atoms with van der Waals surface area (Å²) < 4.78 is 26.0. The number of nitrogens with zero attached hydrogens (tertiary/aromatic N) is 2. The average Bonchev–Trinajstić information content (AvgIpc) is 2.72. The molecule has 0 spiro atoms. The number of amides is 1. The Bertz CT molecular complexity index is 1250. The molecule has 3 rings (SSSR count). The number of anilines is 1. The number of hydrogen-bond acceptors (Lipinski definition) is 5. The van der Waals surface area contributed by atoms with Crippen molar-refractivity contribution >= 4 is 38.1 Å². The number of nitro groups is 1. The molecule has 0 heterocycles. The normalized spacial score (nSPS) is 12.4. The predicted octanol–water partition coefficient (Wildman–Crippen LogP) is 3.53. The maximum atomic E-state index is 12.9. The molecule has 0 radical (unpaired) electrons. The van der Waals surface area contributed by atoms with Gasteiger partial charge in [-0.25, -0.2) is 8.42 Å². The lowest BCUT2D eigenvalue weighted by Gasteiger charge is -2.29. The van der Waals surface area contributed by atoms with E-state index in [2.05, 4.69) is 5.32 Å². The summed E-state index contributed by atoms with van der Waals surface area (Å²) in [5.41, 5.74) is 1.25. The van der Waals surface area contributed by atoms with Crippen LogP contribution in [0.3, 0.4) is 0 Å². The molecule has 0 aliphatic carbocycles. The van der Waals surface area contributed by atoms with Crippen molar-refractivity contribution in [3.63, 3.8) is 0 Å². The molecule has 8 nitrogen and oxygen atoms in total. The largest absolute Gasteiger partial charge is 0.350 e. The third kappa shape index (κ3) is 4.83. The van der Waals surface area contributed by atoms with Gasteiger partial charge in [0.05, 0.1) is 16.9 Å². The molecule has 0 aliphatic rings. The standard InChI is InChI=1S/C22H23N3O5S/c1-15-11-12-19(25(27)28)13-21(15)24(31(3,29)30)16(2)22(26)23-14-18-9-6-8-17-7-4-5-10-20(17)18/h4-13,16H,14H2,1-3H3,(H,23,26). The Morgan fingerprint density at radius 1 is 1.13 bits per heavy atom. The van der Waals surface area contributed by atoms with Crippen molar-refractivity contribution in [2.24, 2.45) is 0 Å². The molecule has 3 aromatic rings. The molecule has 1 amide bonds. The molecule has 162 valence electrons. The van der Waals surface area contributed by atoms with Gasteiger partial charge in [-0.15, -0.1) is 0 Å². The zero-order chi connectivity index (χ0) is 22.8. The van der Waals surface area contributed by atoms with E-state index in [1.54, 1.807) is 6.92 Å². The van der Waals surface area contributed by atoms with E-state index < -0.39 is 26.9 Å². The highest BCUT2D eigenvalue weighted by Crippen LogP contribution is 2.29. The van der Waals surface area contributed by atoms with Crippen LogP contribution in [0.4, 0.5) is 11.4 Å². The van der Waals surface area contributed by atoms with E-state index in [-0.39, 0.29) is 17.9 Å². The van der Waals surface area contributed by atoms with Gasteiger partial charge in [0.25, 0.3) is 5.69 Å². The number of non-ortho nitro benzene ring substituents is 1. The van der Waals surface area contributed by atoms with Gasteiger partial charge in [0.1, 0.15) is 6.04 Å². The lowest BCUT2D eigenvalue weighted by Crippen LogP contribution is -2.48. The molecule has 0 aliphatic heterocycles. The molecule has 0 saturated heterocycles. The first-order chi connectivity index (χ1) is 14.6. The van der Waals surface area contributed by atoms with Crippen molar-refractivity contribution in [3.05, 3.63) is 81.9 Å². The van der Waals surface area contributed by atoms with Crippen LogP contribution in [0.15, 0.2) is 60.7 Å². The number of nitro benzene ring substituents is 1. The number of fused-ring (bicyclic) bond motifs is 1. The summed E-state index contributed by atoms with van der Waals surface area (Å²) in [5.74, 6) is -0.510. The van der Waals surface area contributed by atoms with Gasteiger partial charge in [0.15, 0.2) is 0 Å². The number of carbonyl (C=O) groups excluding carboxylic acids is 1. The van der Waals surface area contributed by atoms with E-state index in [9.17, 15) is 23.3 Å². The van der Waals surface area contributed by atoms with E-state index in [4.69, 9.17) is 0 Å². The predicted molar refractivity (Wildman–Crippen MR) is 120 cm³/mol. The Hall–Kier alpha value is -3.46. The molecule has 0 fully saturated rings. The minimum absolute atomic E-state index is 0.101. The number of carbonyl (C=O) groups is 1. The number of nitrogens with one attached hydrogen (secondary N) is 1. The molecule has 1 atom stereocenters. The van der Waals surface area contributed by atoms with Crippen molar-refractivity contribution in [2.75, 3.05) is 10.6 Å². The first-order valence-electron chi connectivity index (χ1n) is 9.58. The lowest BCUT2D eigenvalue weighted by atomic mass is 10.0. The zero-order valence-corrected chi connectivity index (χ0v) is 18.2. The highest BCUT2D eigenvalue weighted by molar-refractivity contribution is 7.92. The Balaban J connectivity index is 1.89. The van der Waals surface area contributed by atoms with Crippen LogP contribution < -0.4 is 9.62 Å². The third-order valence-electron chi connectivity index (χ3n) is 5.06. The fraction of sp³-hybridized carbons (Fsp3) is 0.227. The van der Waals surface area contributed by atoms with Crippen molar-refractivity contribution in [2.45, 2.75) is 26.4 Å². The Labute approximate surface area is 180 Å². The van der Waals surface area contributed by atoms with Crippen LogP contribution in [-0.2, 0) is 21.4 Å². The number of sulfonamides is 1. The number of hydrogen-bond donors (Lipinski definition) is 1. The lowest BCUT2D eigenvalue weighted by molar-refractivity contribution is -0.384. The second-order valence-electron chi connectivity index (χ2n) is 7.32. The van der Waals surface area contributed by atoms with Crippen LogP contribution in [0.5, 0.6) is 0 Å². The summed E-state index contributed by atoms with van der Waals surface area (Å²) >= 11 is 0. The second-order valence-corrected chi connectivity index (χ2v) is 9.18. The fourth-order valence-electron chi connectivity index (χ4n) is 3.51. The molecule has 9 heteroatoms. The van der Waals surface area contributed by atoms with Crippen LogP contribution in [-0.4, -0.2) is 31.5 Å². The van der Waals surface area contributed by atoms with E-state index in [1.807, 2.05) is 42.5 Å². The zero-order valence-electron chi connectivity index (χ0n) is 17.4. The van der Waals surface area contributed by atoms with E-state index in [0.29, 0.717) is 5.56 Å². The van der Waals surface area contributed by atoms with Gasteiger partial charge >= 0.3 is 0 Å². The Morgan fingerprint density at radius 3 is 2.48 bits per heavy atom. The highest BCUT2D eigenvalue weighted by atomic mass is 32.2. The number of benzene rings is 3. The summed E-state index contributed by atoms with van der Waals surface area (Å²) in [5, 5.41) is 16.0. The van der Waals surface area contributed by atoms with Crippen LogP contribution in [0.25, 0.3) is 10.8 Å². The van der Waals surface area contributed by atoms with Crippen molar-refractivity contribution in [1.82, 2.24) is 5.32 Å². The molecular formula is C22H23N3O5S. The van der Waals surface area contributed by atoms with E-state index in [1.165, 1.54) is 25.1 Å². The van der Waals surface area contributed by atoms with Crippen LogP contribution in [0.1, 0.15) is 18.1 Å². The van der Waals surface area contributed by atoms with E-state index in [0.717, 1.165) is 26.9 Å². The minimum Gasteiger partial charge on any atom is -0.350 e. The third-order valence-corrected chi connectivity index (χ3v) is 6.29. The Kier molecular flexibility index (Phi) is 6.26. The second kappa shape index (κ2) is 8.73. The topological polar surface area (TPSA) is 110 Å². The Morgan fingerprint density at radius 2 is 1.81 bits per heavy atom. The smallest absolute Gasteiger partial charge is 0.271 e. The van der Waals surface area contributed by atoms with Gasteiger partial charge in [-0.3, -0.25) is 19.2 Å². The quantitative estimate of drug-likeness (QED) is 0.446. The van der Waals surface area contributed by atoms with Gasteiger partial charge in [0, 0.05) is 18.7 Å². The first-order valence-corrected chi connectivity index (χ1v) is 11.4. The molecule has 31 heavy (non-hydrogen) atoms. The summed E-state index contributed by atoms with van der Waals surface area (Å²) in [6.07, 6.45) is 0.972. The van der Waals surface area contributed by atoms with Crippen LogP contribution >= 0.6 is 0 Å². The summed E-state index contributed by atoms with van der Waals surface area (Å²) in [6, 6.07) is 16.3. The van der Waals surface area contributed by atoms with Crippen LogP contribution in [0, 0.1) is 17.0 Å². The summed E-state index contributed by atoms with van der Waals surface area (Å²) in [7, 11) is -3.89. The van der Waals surface area contributed by atoms with Gasteiger partial charge in [-0.05, 0) is 35.7 Å². The van der Waals surface area contributed by atoms with E-state index >= 15 is 0 Å². The van der Waals surface area contributed by atoms with Crippen molar-refractivity contribution in [3.8, 4) is 0 Å². The molecule has 3 aromatic carbocycles. The number of rotatable bonds is 7. The maximum absolute atomic E-state index is 12.9. The highest BCUT2D eigenvalue weighted by Gasteiger charge is 2.31.